The zero-order valence-electron chi connectivity index (χ0n) is 7.33. The highest BCUT2D eigenvalue weighted by atomic mass is 79.9. The van der Waals surface area contributed by atoms with Crippen LogP contribution in [0.2, 0.25) is 0 Å². The largest absolute Gasteiger partial charge is 0.497 e. The quantitative estimate of drug-likeness (QED) is 0.848. The maximum Gasteiger partial charge on any atom is 0.120 e. The van der Waals surface area contributed by atoms with E-state index in [1.165, 1.54) is 0 Å². The van der Waals surface area contributed by atoms with Crippen molar-refractivity contribution in [3.05, 3.63) is 28.2 Å². The lowest BCUT2D eigenvalue weighted by Gasteiger charge is -2.11. The first-order valence-corrected chi connectivity index (χ1v) is 4.68. The maximum atomic E-state index is 8.86. The molecule has 0 aliphatic heterocycles. The van der Waals surface area contributed by atoms with Crippen LogP contribution in [0, 0.1) is 0 Å². The van der Waals surface area contributed by atoms with Crippen molar-refractivity contribution in [2.24, 2.45) is 5.73 Å². The van der Waals surface area contributed by atoms with Gasteiger partial charge in [-0.2, -0.15) is 0 Å². The number of aliphatic hydroxyl groups excluding tert-OH is 1. The molecule has 72 valence electrons. The molecule has 0 fully saturated rings. The van der Waals surface area contributed by atoms with E-state index < -0.39 is 0 Å². The summed E-state index contributed by atoms with van der Waals surface area (Å²) in [4.78, 5) is 0. The van der Waals surface area contributed by atoms with Gasteiger partial charge in [0.1, 0.15) is 5.75 Å². The molecule has 3 N–H and O–H groups in total. The van der Waals surface area contributed by atoms with Gasteiger partial charge in [0.2, 0.25) is 0 Å². The molecule has 0 aliphatic rings. The van der Waals surface area contributed by atoms with E-state index >= 15 is 0 Å². The van der Waals surface area contributed by atoms with E-state index in [-0.39, 0.29) is 12.6 Å². The van der Waals surface area contributed by atoms with Crippen molar-refractivity contribution in [2.75, 3.05) is 13.7 Å². The van der Waals surface area contributed by atoms with Gasteiger partial charge in [-0.1, -0.05) is 22.0 Å². The first-order chi connectivity index (χ1) is 6.19. The lowest BCUT2D eigenvalue weighted by atomic mass is 10.1. The lowest BCUT2D eigenvalue weighted by Crippen LogP contribution is -2.14. The number of benzene rings is 1. The van der Waals surface area contributed by atoms with Crippen LogP contribution < -0.4 is 10.5 Å². The molecule has 0 aromatic heterocycles. The van der Waals surface area contributed by atoms with Crippen LogP contribution in [0.4, 0.5) is 0 Å². The maximum absolute atomic E-state index is 8.86. The summed E-state index contributed by atoms with van der Waals surface area (Å²) in [7, 11) is 1.60. The van der Waals surface area contributed by atoms with E-state index in [9.17, 15) is 0 Å². The molecule has 0 aliphatic carbocycles. The Hall–Kier alpha value is -0.580. The Morgan fingerprint density at radius 1 is 1.62 bits per heavy atom. The van der Waals surface area contributed by atoms with Crippen LogP contribution in [-0.2, 0) is 0 Å². The fraction of sp³-hybridized carbons (Fsp3) is 0.333. The van der Waals surface area contributed by atoms with Crippen LogP contribution >= 0.6 is 15.9 Å². The zero-order valence-corrected chi connectivity index (χ0v) is 8.91. The first-order valence-electron chi connectivity index (χ1n) is 3.89. The first kappa shape index (κ1) is 10.5. The molecular formula is C9H12BrNO2. The van der Waals surface area contributed by atoms with Gasteiger partial charge < -0.3 is 15.6 Å². The molecule has 1 atom stereocenters. The van der Waals surface area contributed by atoms with Gasteiger partial charge >= 0.3 is 0 Å². The molecule has 0 bridgehead atoms. The standard InChI is InChI=1S/C9H12BrNO2/c1-13-6-2-3-7(8(10)4-6)9(11)5-12/h2-4,9,12H,5,11H2,1H3. The molecule has 13 heavy (non-hydrogen) atoms. The number of ether oxygens (including phenoxy) is 1. The summed E-state index contributed by atoms with van der Waals surface area (Å²) in [6.07, 6.45) is 0. The van der Waals surface area contributed by atoms with Gasteiger partial charge in [-0.25, -0.2) is 0 Å². The number of nitrogens with two attached hydrogens (primary N) is 1. The third-order valence-corrected chi connectivity index (χ3v) is 2.49. The monoisotopic (exact) mass is 245 g/mol. The summed E-state index contributed by atoms with van der Waals surface area (Å²) in [5, 5.41) is 8.86. The molecule has 0 heterocycles. The van der Waals surface area contributed by atoms with Crippen LogP contribution in [0.5, 0.6) is 5.75 Å². The van der Waals surface area contributed by atoms with Crippen LogP contribution in [0.1, 0.15) is 11.6 Å². The van der Waals surface area contributed by atoms with E-state index in [1.807, 2.05) is 18.2 Å². The highest BCUT2D eigenvalue weighted by Gasteiger charge is 2.08. The summed E-state index contributed by atoms with van der Waals surface area (Å²) in [6.45, 7) is -0.0646. The van der Waals surface area contributed by atoms with Gasteiger partial charge in [-0.3, -0.25) is 0 Å². The predicted molar refractivity (Wildman–Crippen MR) is 54.7 cm³/mol. The van der Waals surface area contributed by atoms with Crippen molar-refractivity contribution in [1.29, 1.82) is 0 Å². The second-order valence-electron chi connectivity index (χ2n) is 2.68. The molecule has 0 spiro atoms. The van der Waals surface area contributed by atoms with Crippen molar-refractivity contribution in [2.45, 2.75) is 6.04 Å². The summed E-state index contributed by atoms with van der Waals surface area (Å²) in [5.41, 5.74) is 6.54. The minimum absolute atomic E-state index is 0.0646. The van der Waals surface area contributed by atoms with Gasteiger partial charge in [-0.15, -0.1) is 0 Å². The van der Waals surface area contributed by atoms with Crippen molar-refractivity contribution < 1.29 is 9.84 Å². The average molecular weight is 246 g/mol. The number of rotatable bonds is 3. The Bertz CT molecular complexity index is 291. The summed E-state index contributed by atoms with van der Waals surface area (Å²) in [5.74, 6) is 0.765. The molecule has 1 unspecified atom stereocenters. The lowest BCUT2D eigenvalue weighted by molar-refractivity contribution is 0.267. The molecule has 4 heteroatoms. The Labute approximate surface area is 85.6 Å². The van der Waals surface area contributed by atoms with Crippen molar-refractivity contribution in [3.63, 3.8) is 0 Å². The molecule has 1 aromatic carbocycles. The average Bonchev–Trinajstić information content (AvgIpc) is 2.16. The van der Waals surface area contributed by atoms with Crippen molar-refractivity contribution in [1.82, 2.24) is 0 Å². The van der Waals surface area contributed by atoms with E-state index in [2.05, 4.69) is 15.9 Å². The van der Waals surface area contributed by atoms with Crippen LogP contribution in [0.25, 0.3) is 0 Å². The van der Waals surface area contributed by atoms with Gasteiger partial charge in [0.05, 0.1) is 19.8 Å². The van der Waals surface area contributed by atoms with Gasteiger partial charge in [0.25, 0.3) is 0 Å². The number of hydrogen-bond donors (Lipinski definition) is 2. The Balaban J connectivity index is 2.98. The molecule has 0 amide bonds. The molecule has 1 aromatic rings. The third-order valence-electron chi connectivity index (χ3n) is 1.80. The smallest absolute Gasteiger partial charge is 0.120 e. The highest BCUT2D eigenvalue weighted by molar-refractivity contribution is 9.10. The highest BCUT2D eigenvalue weighted by Crippen LogP contribution is 2.26. The fourth-order valence-electron chi connectivity index (χ4n) is 1.03. The molecule has 3 nitrogen and oxygen atoms in total. The zero-order chi connectivity index (χ0) is 9.84. The Morgan fingerprint density at radius 2 is 2.31 bits per heavy atom. The molecule has 1 rings (SSSR count). The molecule has 0 saturated heterocycles. The Kier molecular flexibility index (Phi) is 3.71. The summed E-state index contributed by atoms with van der Waals surface area (Å²) in [6, 6.07) is 5.13. The van der Waals surface area contributed by atoms with Crippen molar-refractivity contribution >= 4 is 15.9 Å². The molecule has 0 saturated carbocycles. The third kappa shape index (κ3) is 2.43. The SMILES string of the molecule is COc1ccc(C(N)CO)c(Br)c1. The van der Waals surface area contributed by atoms with Crippen LogP contribution in [0.15, 0.2) is 22.7 Å². The number of aliphatic hydroxyl groups is 1. The van der Waals surface area contributed by atoms with Crippen LogP contribution in [-0.4, -0.2) is 18.8 Å². The van der Waals surface area contributed by atoms with E-state index in [1.54, 1.807) is 7.11 Å². The molecule has 0 radical (unpaired) electrons. The van der Waals surface area contributed by atoms with Crippen LogP contribution in [0.3, 0.4) is 0 Å². The summed E-state index contributed by atoms with van der Waals surface area (Å²) >= 11 is 3.36. The van der Waals surface area contributed by atoms with E-state index in [0.717, 1.165) is 15.8 Å². The number of methoxy groups -OCH3 is 1. The summed E-state index contributed by atoms with van der Waals surface area (Å²) < 4.78 is 5.89. The number of halogens is 1. The fourth-order valence-corrected chi connectivity index (χ4v) is 1.69. The minimum Gasteiger partial charge on any atom is -0.497 e. The van der Waals surface area contributed by atoms with Gasteiger partial charge in [0, 0.05) is 4.47 Å². The van der Waals surface area contributed by atoms with Crippen molar-refractivity contribution in [3.8, 4) is 5.75 Å². The second-order valence-corrected chi connectivity index (χ2v) is 3.53. The van der Waals surface area contributed by atoms with Gasteiger partial charge in [-0.05, 0) is 17.7 Å². The minimum atomic E-state index is -0.347. The normalized spacial score (nSPS) is 12.6. The molecular weight excluding hydrogens is 234 g/mol. The number of hydrogen-bond acceptors (Lipinski definition) is 3. The predicted octanol–water partition coefficient (Wildman–Crippen LogP) is 1.45. The van der Waals surface area contributed by atoms with E-state index in [0.29, 0.717) is 0 Å². The Morgan fingerprint density at radius 3 is 2.77 bits per heavy atom. The second kappa shape index (κ2) is 4.60. The van der Waals surface area contributed by atoms with E-state index in [4.69, 9.17) is 15.6 Å². The van der Waals surface area contributed by atoms with Gasteiger partial charge in [0.15, 0.2) is 0 Å². The topological polar surface area (TPSA) is 55.5 Å².